The Labute approximate surface area is 201 Å². The number of aromatic nitrogens is 1. The number of ether oxygens (including phenoxy) is 3. The number of nitrogens with one attached hydrogen (secondary N) is 1. The lowest BCUT2D eigenvalue weighted by molar-refractivity contribution is 0.102. The van der Waals surface area contributed by atoms with Crippen LogP contribution in [0.1, 0.15) is 10.4 Å². The fourth-order valence-corrected chi connectivity index (χ4v) is 4.17. The van der Waals surface area contributed by atoms with Crippen molar-refractivity contribution in [1.82, 2.24) is 4.57 Å². The summed E-state index contributed by atoms with van der Waals surface area (Å²) in [6.45, 7) is 0. The Kier molecular flexibility index (Phi) is 6.47. The van der Waals surface area contributed by atoms with Gasteiger partial charge in [-0.2, -0.15) is 0 Å². The number of anilines is 1. The Morgan fingerprint density at radius 2 is 1.53 bits per heavy atom. The largest absolute Gasteiger partial charge is 0.493 e. The van der Waals surface area contributed by atoms with E-state index in [4.69, 9.17) is 25.8 Å². The summed E-state index contributed by atoms with van der Waals surface area (Å²) in [5, 5.41) is 3.83. The summed E-state index contributed by atoms with van der Waals surface area (Å²) in [6, 6.07) is 17.3. The molecule has 7 nitrogen and oxygen atoms in total. The maximum Gasteiger partial charge on any atom is 0.257 e. The van der Waals surface area contributed by atoms with Gasteiger partial charge in [-0.05, 0) is 30.3 Å². The van der Waals surface area contributed by atoms with E-state index in [9.17, 15) is 9.59 Å². The quantitative estimate of drug-likeness (QED) is 0.415. The molecule has 0 radical (unpaired) electrons. The molecule has 174 valence electrons. The van der Waals surface area contributed by atoms with E-state index in [1.54, 1.807) is 60.1 Å². The molecule has 1 N–H and O–H groups in total. The van der Waals surface area contributed by atoms with Crippen LogP contribution in [-0.2, 0) is 7.05 Å². The molecule has 0 aliphatic rings. The van der Waals surface area contributed by atoms with Gasteiger partial charge in [-0.15, -0.1) is 0 Å². The third kappa shape index (κ3) is 3.95. The van der Waals surface area contributed by atoms with Crippen LogP contribution in [0.4, 0.5) is 5.82 Å². The van der Waals surface area contributed by atoms with Gasteiger partial charge in [-0.25, -0.2) is 0 Å². The Balaban J connectivity index is 1.93. The standard InChI is InChI=1S/C26H23ClN2O5/c1-29-19-12-8-6-10-17(19)23(30)22(16-9-5-7-11-18(16)27)25(29)28-26(31)15-13-20(32-2)24(34-4)21(14-15)33-3/h5-14H,1-4H3,(H,28,31). The maximum absolute atomic E-state index is 13.6. The SMILES string of the molecule is COc1cc(C(=O)Nc2c(-c3ccccc3Cl)c(=O)c3ccccc3n2C)cc(OC)c1OC. The molecule has 1 aromatic heterocycles. The number of amides is 1. The number of hydrogen-bond donors (Lipinski definition) is 1. The van der Waals surface area contributed by atoms with Gasteiger partial charge in [0, 0.05) is 28.6 Å². The van der Waals surface area contributed by atoms with Crippen molar-refractivity contribution in [2.45, 2.75) is 0 Å². The van der Waals surface area contributed by atoms with Gasteiger partial charge in [0.1, 0.15) is 5.82 Å². The molecule has 0 spiro atoms. The maximum atomic E-state index is 13.6. The molecule has 0 atom stereocenters. The molecule has 4 aromatic rings. The van der Waals surface area contributed by atoms with Gasteiger partial charge in [-0.1, -0.05) is 41.9 Å². The lowest BCUT2D eigenvalue weighted by Gasteiger charge is -2.19. The van der Waals surface area contributed by atoms with Gasteiger partial charge in [0.25, 0.3) is 5.91 Å². The predicted molar refractivity (Wildman–Crippen MR) is 134 cm³/mol. The molecule has 0 unspecified atom stereocenters. The third-order valence-electron chi connectivity index (χ3n) is 5.61. The first-order chi connectivity index (χ1) is 16.4. The van der Waals surface area contributed by atoms with Gasteiger partial charge in [0.05, 0.1) is 32.4 Å². The van der Waals surface area contributed by atoms with Crippen LogP contribution in [0, 0.1) is 0 Å². The predicted octanol–water partition coefficient (Wildman–Crippen LogP) is 5.14. The third-order valence-corrected chi connectivity index (χ3v) is 5.94. The second kappa shape index (κ2) is 9.49. The van der Waals surface area contributed by atoms with Gasteiger partial charge in [0.2, 0.25) is 5.75 Å². The minimum Gasteiger partial charge on any atom is -0.493 e. The first-order valence-corrected chi connectivity index (χ1v) is 10.8. The Hall–Kier alpha value is -3.97. The molecule has 3 aromatic carbocycles. The lowest BCUT2D eigenvalue weighted by atomic mass is 10.0. The van der Waals surface area contributed by atoms with Crippen molar-refractivity contribution in [2.75, 3.05) is 26.6 Å². The molecule has 0 saturated carbocycles. The molecular formula is C26H23ClN2O5. The molecule has 0 saturated heterocycles. The molecule has 4 rings (SSSR count). The summed E-state index contributed by atoms with van der Waals surface area (Å²) in [5.41, 5.74) is 1.52. The van der Waals surface area contributed by atoms with E-state index in [-0.39, 0.29) is 11.0 Å². The zero-order chi connectivity index (χ0) is 24.4. The highest BCUT2D eigenvalue weighted by atomic mass is 35.5. The molecular weight excluding hydrogens is 456 g/mol. The number of rotatable bonds is 6. The van der Waals surface area contributed by atoms with Gasteiger partial charge >= 0.3 is 0 Å². The highest BCUT2D eigenvalue weighted by Gasteiger charge is 2.22. The summed E-state index contributed by atoms with van der Waals surface area (Å²) < 4.78 is 17.9. The van der Waals surface area contributed by atoms with Crippen LogP contribution < -0.4 is 25.0 Å². The number of pyridine rings is 1. The average Bonchev–Trinajstić information content (AvgIpc) is 2.87. The monoisotopic (exact) mass is 478 g/mol. The lowest BCUT2D eigenvalue weighted by Crippen LogP contribution is -2.21. The molecule has 0 aliphatic heterocycles. The van der Waals surface area contributed by atoms with Crippen LogP contribution in [0.25, 0.3) is 22.0 Å². The number of benzene rings is 3. The fourth-order valence-electron chi connectivity index (χ4n) is 3.94. The molecule has 0 bridgehead atoms. The second-order valence-corrected chi connectivity index (χ2v) is 7.88. The number of carbonyl (C=O) groups excluding carboxylic acids is 1. The highest BCUT2D eigenvalue weighted by molar-refractivity contribution is 6.33. The number of halogens is 1. The van der Waals surface area contributed by atoms with Crippen LogP contribution in [-0.4, -0.2) is 31.8 Å². The van der Waals surface area contributed by atoms with Crippen LogP contribution in [0.15, 0.2) is 65.5 Å². The van der Waals surface area contributed by atoms with Crippen molar-refractivity contribution in [3.63, 3.8) is 0 Å². The number of fused-ring (bicyclic) bond motifs is 1. The topological polar surface area (TPSA) is 78.8 Å². The minimum absolute atomic E-state index is 0.234. The van der Waals surface area contributed by atoms with Crippen molar-refractivity contribution in [2.24, 2.45) is 7.05 Å². The average molecular weight is 479 g/mol. The fraction of sp³-hybridized carbons (Fsp3) is 0.154. The molecule has 8 heteroatoms. The first-order valence-electron chi connectivity index (χ1n) is 10.4. The molecule has 34 heavy (non-hydrogen) atoms. The van der Waals surface area contributed by atoms with E-state index in [0.29, 0.717) is 50.1 Å². The summed E-state index contributed by atoms with van der Waals surface area (Å²) in [5.74, 6) is 0.904. The number of para-hydroxylation sites is 1. The van der Waals surface area contributed by atoms with E-state index in [2.05, 4.69) is 5.32 Å². The number of aryl methyl sites for hydroxylation is 1. The van der Waals surface area contributed by atoms with Crippen LogP contribution in [0.3, 0.4) is 0 Å². The molecule has 0 aliphatic carbocycles. The van der Waals surface area contributed by atoms with E-state index in [1.807, 2.05) is 12.1 Å². The summed E-state index contributed by atoms with van der Waals surface area (Å²) in [6.07, 6.45) is 0. The van der Waals surface area contributed by atoms with E-state index >= 15 is 0 Å². The van der Waals surface area contributed by atoms with Crippen LogP contribution in [0.5, 0.6) is 17.2 Å². The number of hydrogen-bond acceptors (Lipinski definition) is 5. The Morgan fingerprint density at radius 3 is 2.15 bits per heavy atom. The van der Waals surface area contributed by atoms with Crippen molar-refractivity contribution < 1.29 is 19.0 Å². The Bertz CT molecular complexity index is 1440. The number of nitrogens with zero attached hydrogens (tertiary/aromatic N) is 1. The first kappa shape index (κ1) is 23.2. The van der Waals surface area contributed by atoms with Gasteiger partial charge < -0.3 is 24.1 Å². The van der Waals surface area contributed by atoms with E-state index < -0.39 is 5.91 Å². The van der Waals surface area contributed by atoms with Crippen molar-refractivity contribution >= 4 is 34.2 Å². The normalized spacial score (nSPS) is 10.7. The number of carbonyl (C=O) groups is 1. The zero-order valence-electron chi connectivity index (χ0n) is 19.1. The summed E-state index contributed by atoms with van der Waals surface area (Å²) >= 11 is 6.46. The number of methoxy groups -OCH3 is 3. The summed E-state index contributed by atoms with van der Waals surface area (Å²) in [7, 11) is 6.22. The van der Waals surface area contributed by atoms with Crippen molar-refractivity contribution in [1.29, 1.82) is 0 Å². The van der Waals surface area contributed by atoms with E-state index in [1.165, 1.54) is 21.3 Å². The summed E-state index contributed by atoms with van der Waals surface area (Å²) in [4.78, 5) is 27.0. The minimum atomic E-state index is -0.460. The second-order valence-electron chi connectivity index (χ2n) is 7.48. The smallest absolute Gasteiger partial charge is 0.257 e. The molecule has 0 fully saturated rings. The van der Waals surface area contributed by atoms with E-state index in [0.717, 1.165) is 0 Å². The van der Waals surface area contributed by atoms with Crippen molar-refractivity contribution in [3.8, 4) is 28.4 Å². The highest BCUT2D eigenvalue weighted by Crippen LogP contribution is 2.39. The van der Waals surface area contributed by atoms with Crippen LogP contribution >= 0.6 is 11.6 Å². The molecule has 1 heterocycles. The zero-order valence-corrected chi connectivity index (χ0v) is 19.9. The Morgan fingerprint density at radius 1 is 0.912 bits per heavy atom. The van der Waals surface area contributed by atoms with Gasteiger partial charge in [0.15, 0.2) is 16.9 Å². The van der Waals surface area contributed by atoms with Crippen molar-refractivity contribution in [3.05, 3.63) is 81.5 Å². The molecule has 1 amide bonds. The van der Waals surface area contributed by atoms with Gasteiger partial charge in [-0.3, -0.25) is 9.59 Å². The van der Waals surface area contributed by atoms with Crippen LogP contribution in [0.2, 0.25) is 5.02 Å².